The van der Waals surface area contributed by atoms with E-state index in [1.54, 1.807) is 74.5 Å². The summed E-state index contributed by atoms with van der Waals surface area (Å²) in [6, 6.07) is 18.3. The number of halogens is 2. The fourth-order valence-electron chi connectivity index (χ4n) is 4.06. The van der Waals surface area contributed by atoms with Crippen molar-refractivity contribution in [1.29, 1.82) is 0 Å². The molecule has 0 aliphatic rings. The van der Waals surface area contributed by atoms with Crippen molar-refractivity contribution in [3.8, 4) is 5.75 Å². The summed E-state index contributed by atoms with van der Waals surface area (Å²) in [5.41, 5.74) is 0.757. The maximum absolute atomic E-state index is 14.1. The molecule has 3 aromatic rings. The summed E-state index contributed by atoms with van der Waals surface area (Å²) in [6.45, 7) is 6.85. The van der Waals surface area contributed by atoms with E-state index in [4.69, 9.17) is 27.9 Å². The molecule has 3 rings (SSSR count). The number of amides is 2. The molecule has 0 saturated carbocycles. The van der Waals surface area contributed by atoms with Gasteiger partial charge in [-0.05, 0) is 69.2 Å². The van der Waals surface area contributed by atoms with Crippen molar-refractivity contribution >= 4 is 50.7 Å². The molecule has 11 heteroatoms. The number of benzene rings is 3. The smallest absolute Gasteiger partial charge is 0.264 e. The van der Waals surface area contributed by atoms with Gasteiger partial charge in [-0.2, -0.15) is 0 Å². The molecular formula is C30H35Cl2N3O5S. The number of carbonyl (C=O) groups is 2. The van der Waals surface area contributed by atoms with Crippen molar-refractivity contribution in [3.63, 3.8) is 0 Å². The lowest BCUT2D eigenvalue weighted by molar-refractivity contribution is -0.139. The van der Waals surface area contributed by atoms with Gasteiger partial charge in [0.15, 0.2) is 0 Å². The number of hydrogen-bond donors (Lipinski definition) is 1. The highest BCUT2D eigenvalue weighted by atomic mass is 35.5. The van der Waals surface area contributed by atoms with Crippen molar-refractivity contribution in [3.05, 3.63) is 88.4 Å². The molecule has 0 unspecified atom stereocenters. The van der Waals surface area contributed by atoms with Crippen LogP contribution in [0.5, 0.6) is 5.75 Å². The van der Waals surface area contributed by atoms with Gasteiger partial charge in [0.1, 0.15) is 18.3 Å². The topological polar surface area (TPSA) is 96.0 Å². The Labute approximate surface area is 252 Å². The van der Waals surface area contributed by atoms with Gasteiger partial charge in [0, 0.05) is 22.6 Å². The predicted octanol–water partition coefficient (Wildman–Crippen LogP) is 5.92. The molecule has 0 aliphatic heterocycles. The van der Waals surface area contributed by atoms with Gasteiger partial charge in [-0.1, -0.05) is 66.5 Å². The third-order valence-electron chi connectivity index (χ3n) is 6.57. The fraction of sp³-hybridized carbons (Fsp3) is 0.333. The molecule has 2 amide bonds. The zero-order valence-corrected chi connectivity index (χ0v) is 25.8. The minimum absolute atomic E-state index is 0.00830. The lowest BCUT2D eigenvalue weighted by Crippen LogP contribution is -2.52. The minimum atomic E-state index is -4.22. The first-order chi connectivity index (χ1) is 19.5. The van der Waals surface area contributed by atoms with Crippen LogP contribution >= 0.6 is 23.2 Å². The summed E-state index contributed by atoms with van der Waals surface area (Å²) < 4.78 is 34.7. The third kappa shape index (κ3) is 8.15. The van der Waals surface area contributed by atoms with Gasteiger partial charge in [0.25, 0.3) is 10.0 Å². The fourth-order valence-corrected chi connectivity index (χ4v) is 5.97. The highest BCUT2D eigenvalue weighted by Crippen LogP contribution is 2.33. The number of rotatable bonds is 13. The third-order valence-corrected chi connectivity index (χ3v) is 8.93. The summed E-state index contributed by atoms with van der Waals surface area (Å²) in [5, 5.41) is 3.65. The Morgan fingerprint density at radius 3 is 2.24 bits per heavy atom. The second-order valence-electron chi connectivity index (χ2n) is 9.48. The number of ether oxygens (including phenoxy) is 1. The normalized spacial score (nSPS) is 12.7. The van der Waals surface area contributed by atoms with E-state index in [0.29, 0.717) is 27.8 Å². The van der Waals surface area contributed by atoms with Gasteiger partial charge < -0.3 is 15.0 Å². The lowest BCUT2D eigenvalue weighted by atomic mass is 10.1. The van der Waals surface area contributed by atoms with E-state index < -0.39 is 28.5 Å². The van der Waals surface area contributed by atoms with Crippen molar-refractivity contribution < 1.29 is 22.7 Å². The average molecular weight is 621 g/mol. The zero-order valence-electron chi connectivity index (χ0n) is 23.5. The van der Waals surface area contributed by atoms with Crippen LogP contribution in [0, 0.1) is 0 Å². The second kappa shape index (κ2) is 14.6. The molecule has 0 radical (unpaired) electrons. The van der Waals surface area contributed by atoms with Crippen LogP contribution in [0.3, 0.4) is 0 Å². The Kier molecular flexibility index (Phi) is 11.5. The van der Waals surface area contributed by atoms with Crippen LogP contribution in [-0.2, 0) is 26.2 Å². The van der Waals surface area contributed by atoms with E-state index in [2.05, 4.69) is 5.32 Å². The van der Waals surface area contributed by atoms with Crippen LogP contribution in [-0.4, -0.2) is 50.4 Å². The number of sulfonamides is 1. The van der Waals surface area contributed by atoms with Crippen LogP contribution in [0.15, 0.2) is 77.7 Å². The molecule has 0 fully saturated rings. The average Bonchev–Trinajstić information content (AvgIpc) is 2.96. The van der Waals surface area contributed by atoms with E-state index in [9.17, 15) is 18.0 Å². The van der Waals surface area contributed by atoms with Crippen molar-refractivity contribution in [2.45, 2.75) is 57.6 Å². The molecule has 0 heterocycles. The number of anilines is 1. The molecule has 0 saturated heterocycles. The molecule has 220 valence electrons. The van der Waals surface area contributed by atoms with Crippen molar-refractivity contribution in [2.24, 2.45) is 0 Å². The van der Waals surface area contributed by atoms with E-state index in [1.807, 2.05) is 13.8 Å². The number of nitrogens with one attached hydrogen (secondary N) is 1. The Balaban J connectivity index is 2.08. The number of carbonyl (C=O) groups excluding carboxylic acids is 2. The quantitative estimate of drug-likeness (QED) is 0.256. The summed E-state index contributed by atoms with van der Waals surface area (Å²) in [7, 11) is -4.22. The maximum atomic E-state index is 14.1. The molecule has 2 atom stereocenters. The van der Waals surface area contributed by atoms with Gasteiger partial charge in [-0.25, -0.2) is 8.42 Å². The number of para-hydroxylation sites is 2. The van der Waals surface area contributed by atoms with Crippen LogP contribution in [0.25, 0.3) is 0 Å². The largest absolute Gasteiger partial charge is 0.492 e. The summed E-state index contributed by atoms with van der Waals surface area (Å²) in [5.74, 6) is -0.671. The zero-order chi connectivity index (χ0) is 30.2. The van der Waals surface area contributed by atoms with Crippen LogP contribution in [0.1, 0.15) is 39.7 Å². The Morgan fingerprint density at radius 1 is 0.951 bits per heavy atom. The Bertz CT molecular complexity index is 1450. The van der Waals surface area contributed by atoms with E-state index in [0.717, 1.165) is 4.31 Å². The van der Waals surface area contributed by atoms with Crippen LogP contribution < -0.4 is 14.4 Å². The SMILES string of the molecule is CCOc1ccccc1N(CC(=O)N(Cc1ccc(Cl)cc1Cl)[C@@H](C)C(=O)N[C@@H](C)CC)S(=O)(=O)c1ccccc1. The molecule has 0 spiro atoms. The molecule has 3 aromatic carbocycles. The number of nitrogens with zero attached hydrogens (tertiary/aromatic N) is 2. The molecule has 0 aromatic heterocycles. The Hall–Kier alpha value is -3.27. The van der Waals surface area contributed by atoms with Gasteiger partial charge in [0.05, 0.1) is 17.2 Å². The molecule has 41 heavy (non-hydrogen) atoms. The van der Waals surface area contributed by atoms with Gasteiger partial charge in [-0.15, -0.1) is 0 Å². The highest BCUT2D eigenvalue weighted by Gasteiger charge is 2.34. The summed E-state index contributed by atoms with van der Waals surface area (Å²) in [4.78, 5) is 28.6. The van der Waals surface area contributed by atoms with E-state index >= 15 is 0 Å². The molecule has 0 aliphatic carbocycles. The van der Waals surface area contributed by atoms with Gasteiger partial charge in [-0.3, -0.25) is 13.9 Å². The second-order valence-corrected chi connectivity index (χ2v) is 12.2. The van der Waals surface area contributed by atoms with E-state index in [-0.39, 0.29) is 35.7 Å². The predicted molar refractivity (Wildman–Crippen MR) is 163 cm³/mol. The maximum Gasteiger partial charge on any atom is 0.264 e. The van der Waals surface area contributed by atoms with Crippen LogP contribution in [0.2, 0.25) is 10.0 Å². The molecule has 1 N–H and O–H groups in total. The van der Waals surface area contributed by atoms with Crippen LogP contribution in [0.4, 0.5) is 5.69 Å². The summed E-state index contributed by atoms with van der Waals surface area (Å²) in [6.07, 6.45) is 0.701. The standard InChI is InChI=1S/C30H35Cl2N3O5S/c1-5-21(3)33-30(37)22(4)34(19-23-16-17-24(31)18-26(23)32)29(36)20-35(27-14-10-11-15-28(27)40-6-2)41(38,39)25-12-8-7-9-13-25/h7-18,21-22H,5-6,19-20H2,1-4H3,(H,33,37)/t21-,22-/m0/s1. The highest BCUT2D eigenvalue weighted by molar-refractivity contribution is 7.92. The monoisotopic (exact) mass is 619 g/mol. The first kappa shape index (κ1) is 32.2. The molecule has 0 bridgehead atoms. The van der Waals surface area contributed by atoms with Crippen molar-refractivity contribution in [2.75, 3.05) is 17.5 Å². The van der Waals surface area contributed by atoms with Gasteiger partial charge in [0.2, 0.25) is 11.8 Å². The summed E-state index contributed by atoms with van der Waals surface area (Å²) >= 11 is 12.5. The first-order valence-corrected chi connectivity index (χ1v) is 15.5. The van der Waals surface area contributed by atoms with Crippen molar-refractivity contribution in [1.82, 2.24) is 10.2 Å². The minimum Gasteiger partial charge on any atom is -0.492 e. The van der Waals surface area contributed by atoms with Gasteiger partial charge >= 0.3 is 0 Å². The Morgan fingerprint density at radius 2 is 1.61 bits per heavy atom. The molecular weight excluding hydrogens is 585 g/mol. The number of hydrogen-bond acceptors (Lipinski definition) is 5. The lowest BCUT2D eigenvalue weighted by Gasteiger charge is -2.33. The first-order valence-electron chi connectivity index (χ1n) is 13.3. The molecule has 8 nitrogen and oxygen atoms in total. The van der Waals surface area contributed by atoms with E-state index in [1.165, 1.54) is 17.0 Å².